The minimum absolute atomic E-state index is 0.0114. The van der Waals surface area contributed by atoms with Gasteiger partial charge < -0.3 is 15.4 Å². The van der Waals surface area contributed by atoms with Crippen LogP contribution in [0.25, 0.3) is 0 Å². The highest BCUT2D eigenvalue weighted by Crippen LogP contribution is 2.13. The zero-order valence-electron chi connectivity index (χ0n) is 17.4. The molecule has 0 aliphatic carbocycles. The van der Waals surface area contributed by atoms with E-state index in [2.05, 4.69) is 10.6 Å². The summed E-state index contributed by atoms with van der Waals surface area (Å²) in [6.07, 6.45) is -0.0940. The van der Waals surface area contributed by atoms with Gasteiger partial charge in [0, 0.05) is 29.8 Å². The van der Waals surface area contributed by atoms with Crippen LogP contribution in [-0.2, 0) is 14.3 Å². The van der Waals surface area contributed by atoms with Crippen LogP contribution >= 0.6 is 0 Å². The number of benzene rings is 2. The molecule has 2 N–H and O–H groups in total. The third-order valence-electron chi connectivity index (χ3n) is 4.50. The number of Topliss-reactive ketones (excluding diaryl/α,β-unsaturated/α-hetero) is 1. The fourth-order valence-electron chi connectivity index (χ4n) is 2.69. The number of ketones is 1. The molecule has 0 heterocycles. The average Bonchev–Trinajstić information content (AvgIpc) is 2.72. The normalized spacial score (nSPS) is 10.2. The summed E-state index contributed by atoms with van der Waals surface area (Å²) in [7, 11) is 0. The highest BCUT2D eigenvalue weighted by molar-refractivity contribution is 5.99. The minimum Gasteiger partial charge on any atom is -0.456 e. The zero-order chi connectivity index (χ0) is 22.1. The number of amides is 2. The molecule has 0 radical (unpaired) electrons. The third kappa shape index (κ3) is 6.84. The Balaban J connectivity index is 1.78. The van der Waals surface area contributed by atoms with Crippen molar-refractivity contribution in [3.8, 4) is 0 Å². The number of carbonyl (C=O) groups excluding carboxylic acids is 4. The Bertz CT molecular complexity index is 952. The number of esters is 1. The van der Waals surface area contributed by atoms with Crippen LogP contribution in [0.15, 0.2) is 42.5 Å². The van der Waals surface area contributed by atoms with Gasteiger partial charge in [-0.2, -0.15) is 0 Å². The van der Waals surface area contributed by atoms with E-state index in [1.807, 2.05) is 26.8 Å². The van der Waals surface area contributed by atoms with Crippen LogP contribution in [0.4, 0.5) is 5.69 Å². The first-order valence-corrected chi connectivity index (χ1v) is 9.74. The predicted molar refractivity (Wildman–Crippen MR) is 114 cm³/mol. The first-order valence-electron chi connectivity index (χ1n) is 9.74. The number of anilines is 1. The van der Waals surface area contributed by atoms with Crippen molar-refractivity contribution >= 4 is 29.3 Å². The summed E-state index contributed by atoms with van der Waals surface area (Å²) in [6.45, 7) is 5.72. The van der Waals surface area contributed by atoms with Gasteiger partial charge in [0.15, 0.2) is 12.4 Å². The summed E-state index contributed by atoms with van der Waals surface area (Å²) in [4.78, 5) is 47.9. The maximum Gasteiger partial charge on any atom is 0.306 e. The van der Waals surface area contributed by atoms with E-state index in [4.69, 9.17) is 4.74 Å². The number of hydrogen-bond acceptors (Lipinski definition) is 5. The molecule has 2 rings (SSSR count). The maximum absolute atomic E-state index is 12.2. The summed E-state index contributed by atoms with van der Waals surface area (Å²) in [5, 5.41) is 5.25. The van der Waals surface area contributed by atoms with Gasteiger partial charge in [0.05, 0.1) is 6.42 Å². The highest BCUT2D eigenvalue weighted by atomic mass is 16.5. The van der Waals surface area contributed by atoms with E-state index in [1.54, 1.807) is 30.3 Å². The topological polar surface area (TPSA) is 102 Å². The number of nitrogens with one attached hydrogen (secondary N) is 2. The lowest BCUT2D eigenvalue weighted by Crippen LogP contribution is -2.23. The zero-order valence-corrected chi connectivity index (χ0v) is 17.4. The molecule has 0 bridgehead atoms. The van der Waals surface area contributed by atoms with E-state index in [9.17, 15) is 19.2 Å². The quantitative estimate of drug-likeness (QED) is 0.488. The van der Waals surface area contributed by atoms with Crippen LogP contribution in [0.2, 0.25) is 0 Å². The second kappa shape index (κ2) is 10.9. The number of ether oxygens (including phenoxy) is 1. The van der Waals surface area contributed by atoms with Gasteiger partial charge in [-0.1, -0.05) is 18.2 Å². The number of aryl methyl sites for hydroxylation is 2. The van der Waals surface area contributed by atoms with Crippen molar-refractivity contribution < 1.29 is 23.9 Å². The van der Waals surface area contributed by atoms with Crippen LogP contribution < -0.4 is 10.6 Å². The lowest BCUT2D eigenvalue weighted by molar-refractivity contribution is -0.147. The van der Waals surface area contributed by atoms with E-state index in [0.29, 0.717) is 23.4 Å². The maximum atomic E-state index is 12.2. The van der Waals surface area contributed by atoms with Gasteiger partial charge in [-0.25, -0.2) is 0 Å². The molecule has 7 nitrogen and oxygen atoms in total. The molecular weight excluding hydrogens is 384 g/mol. The Morgan fingerprint density at radius 1 is 0.900 bits per heavy atom. The molecule has 0 saturated carbocycles. The smallest absolute Gasteiger partial charge is 0.306 e. The van der Waals surface area contributed by atoms with E-state index in [1.165, 1.54) is 6.07 Å². The summed E-state index contributed by atoms with van der Waals surface area (Å²) >= 11 is 0. The van der Waals surface area contributed by atoms with Gasteiger partial charge in [0.2, 0.25) is 0 Å². The van der Waals surface area contributed by atoms with Crippen LogP contribution in [0.1, 0.15) is 51.6 Å². The number of hydrogen-bond donors (Lipinski definition) is 2. The Labute approximate surface area is 175 Å². The highest BCUT2D eigenvalue weighted by Gasteiger charge is 2.13. The molecule has 0 fully saturated rings. The predicted octanol–water partition coefficient (Wildman–Crippen LogP) is 3.20. The molecule has 0 atom stereocenters. The molecule has 2 amide bonds. The number of carbonyl (C=O) groups is 4. The molecule has 0 spiro atoms. The number of rotatable bonds is 9. The molecule has 158 valence electrons. The Kier molecular flexibility index (Phi) is 8.29. The summed E-state index contributed by atoms with van der Waals surface area (Å²) in [6, 6.07) is 11.8. The fourth-order valence-corrected chi connectivity index (χ4v) is 2.69. The molecule has 0 aromatic heterocycles. The lowest BCUT2D eigenvalue weighted by atomic mass is 10.0. The Morgan fingerprint density at radius 2 is 1.67 bits per heavy atom. The lowest BCUT2D eigenvalue weighted by Gasteiger charge is -2.08. The van der Waals surface area contributed by atoms with Crippen LogP contribution in [-0.4, -0.2) is 36.7 Å². The molecule has 2 aromatic rings. The SMILES string of the molecule is CCNC(=O)c1cccc(NC(=O)COC(=O)CCC(=O)c2ccc(C)c(C)c2)c1. The molecule has 0 saturated heterocycles. The molecule has 30 heavy (non-hydrogen) atoms. The van der Waals surface area contributed by atoms with E-state index < -0.39 is 18.5 Å². The van der Waals surface area contributed by atoms with Gasteiger partial charge in [-0.3, -0.25) is 19.2 Å². The second-order valence-electron chi connectivity index (χ2n) is 6.87. The van der Waals surface area contributed by atoms with Crippen LogP contribution in [0.5, 0.6) is 0 Å². The van der Waals surface area contributed by atoms with Crippen LogP contribution in [0.3, 0.4) is 0 Å². The average molecular weight is 410 g/mol. The summed E-state index contributed by atoms with van der Waals surface area (Å²) in [5.74, 6) is -1.55. The molecule has 2 aromatic carbocycles. The van der Waals surface area contributed by atoms with Crippen molar-refractivity contribution in [1.29, 1.82) is 0 Å². The summed E-state index contributed by atoms with van der Waals surface area (Å²) < 4.78 is 4.94. The molecule has 0 aliphatic rings. The van der Waals surface area contributed by atoms with Crippen molar-refractivity contribution in [2.24, 2.45) is 0 Å². The minimum atomic E-state index is -0.626. The van der Waals surface area contributed by atoms with E-state index >= 15 is 0 Å². The first-order chi connectivity index (χ1) is 14.3. The first kappa shape index (κ1) is 22.8. The Hall–Kier alpha value is -3.48. The second-order valence-corrected chi connectivity index (χ2v) is 6.87. The standard InChI is InChI=1S/C23H26N2O5/c1-4-24-23(29)18-6-5-7-19(13-18)25-21(27)14-30-22(28)11-10-20(26)17-9-8-15(2)16(3)12-17/h5-9,12-13H,4,10-11,14H2,1-3H3,(H,24,29)(H,25,27). The molecular formula is C23H26N2O5. The van der Waals surface area contributed by atoms with Gasteiger partial charge in [-0.15, -0.1) is 0 Å². The van der Waals surface area contributed by atoms with Crippen molar-refractivity contribution in [2.75, 3.05) is 18.5 Å². The molecule has 0 aliphatic heterocycles. The van der Waals surface area contributed by atoms with E-state index in [0.717, 1.165) is 11.1 Å². The third-order valence-corrected chi connectivity index (χ3v) is 4.50. The molecule has 0 unspecified atom stereocenters. The van der Waals surface area contributed by atoms with E-state index in [-0.39, 0.29) is 24.5 Å². The largest absolute Gasteiger partial charge is 0.456 e. The van der Waals surface area contributed by atoms with Crippen molar-refractivity contribution in [3.05, 3.63) is 64.7 Å². The Morgan fingerprint density at radius 3 is 2.37 bits per heavy atom. The van der Waals surface area contributed by atoms with Crippen molar-refractivity contribution in [3.63, 3.8) is 0 Å². The van der Waals surface area contributed by atoms with Gasteiger partial charge in [-0.05, 0) is 56.2 Å². The van der Waals surface area contributed by atoms with Crippen molar-refractivity contribution in [1.82, 2.24) is 5.32 Å². The molecule has 7 heteroatoms. The fraction of sp³-hybridized carbons (Fsp3) is 0.304. The van der Waals surface area contributed by atoms with Gasteiger partial charge in [0.1, 0.15) is 0 Å². The van der Waals surface area contributed by atoms with Gasteiger partial charge >= 0.3 is 5.97 Å². The van der Waals surface area contributed by atoms with Gasteiger partial charge in [0.25, 0.3) is 11.8 Å². The van der Waals surface area contributed by atoms with Crippen LogP contribution in [0, 0.1) is 13.8 Å². The monoisotopic (exact) mass is 410 g/mol. The summed E-state index contributed by atoms with van der Waals surface area (Å²) in [5.41, 5.74) is 3.49. The van der Waals surface area contributed by atoms with Crippen molar-refractivity contribution in [2.45, 2.75) is 33.6 Å².